The third kappa shape index (κ3) is 5.48. The van der Waals surface area contributed by atoms with Crippen molar-refractivity contribution in [1.29, 1.82) is 0 Å². The average Bonchev–Trinajstić information content (AvgIpc) is 3.34. The van der Waals surface area contributed by atoms with E-state index in [0.717, 1.165) is 19.3 Å². The fourth-order valence-corrected chi connectivity index (χ4v) is 5.21. The van der Waals surface area contributed by atoms with Gasteiger partial charge in [0.2, 0.25) is 5.95 Å². The van der Waals surface area contributed by atoms with Gasteiger partial charge in [-0.3, -0.25) is 14.5 Å². The van der Waals surface area contributed by atoms with E-state index >= 15 is 0 Å². The van der Waals surface area contributed by atoms with Crippen molar-refractivity contribution in [3.05, 3.63) is 64.0 Å². The first-order valence-electron chi connectivity index (χ1n) is 12.0. The fourth-order valence-electron chi connectivity index (χ4n) is 5.21. The lowest BCUT2D eigenvalue weighted by atomic mass is 10.0. The van der Waals surface area contributed by atoms with Crippen molar-refractivity contribution in [3.63, 3.8) is 0 Å². The minimum absolute atomic E-state index is 0.0932. The Bertz CT molecular complexity index is 1390. The van der Waals surface area contributed by atoms with Crippen LogP contribution in [0.25, 0.3) is 10.9 Å². The van der Waals surface area contributed by atoms with E-state index in [4.69, 9.17) is 18.1 Å². The van der Waals surface area contributed by atoms with Crippen molar-refractivity contribution in [2.45, 2.75) is 37.0 Å². The molecule has 10 nitrogen and oxygen atoms in total. The van der Waals surface area contributed by atoms with Gasteiger partial charge in [-0.1, -0.05) is 0 Å². The Hall–Kier alpha value is -3.42. The second kappa shape index (κ2) is 9.80. The number of benzene rings is 1. The van der Waals surface area contributed by atoms with Crippen LogP contribution in [0.4, 0.5) is 14.5 Å². The van der Waals surface area contributed by atoms with Crippen molar-refractivity contribution in [3.8, 4) is 0 Å². The van der Waals surface area contributed by atoms with Gasteiger partial charge in [-0.15, -0.1) is 0 Å². The normalized spacial score (nSPS) is 20.9. The minimum Gasteiger partial charge on any atom is -0.365 e. The maximum absolute atomic E-state index is 14.7. The summed E-state index contributed by atoms with van der Waals surface area (Å²) in [5.41, 5.74) is 0.0550. The number of aliphatic hydroxyl groups is 2. The molecule has 0 spiro atoms. The lowest BCUT2D eigenvalue weighted by Crippen LogP contribution is -2.50. The van der Waals surface area contributed by atoms with Gasteiger partial charge in [0.25, 0.3) is 11.5 Å². The summed E-state index contributed by atoms with van der Waals surface area (Å²) in [6.45, 7) is 2.51. The monoisotopic (exact) mass is 510 g/mol. The molecule has 1 saturated carbocycles. The molecule has 3 aromatic rings. The van der Waals surface area contributed by atoms with E-state index in [9.17, 15) is 18.4 Å². The van der Waals surface area contributed by atoms with Gasteiger partial charge in [0.05, 0.1) is 16.6 Å². The van der Waals surface area contributed by atoms with Crippen LogP contribution in [0.1, 0.15) is 41.5 Å². The first kappa shape index (κ1) is 25.2. The maximum atomic E-state index is 14.7. The Morgan fingerprint density at radius 3 is 2.57 bits per heavy atom. The number of anilines is 1. The lowest BCUT2D eigenvalue weighted by molar-refractivity contribution is -0.102. The molecule has 192 valence electrons. The van der Waals surface area contributed by atoms with Gasteiger partial charge < -0.3 is 25.4 Å². The number of amides is 1. The van der Waals surface area contributed by atoms with E-state index in [1.807, 2.05) is 4.90 Å². The second-order valence-corrected chi connectivity index (χ2v) is 9.49. The Morgan fingerprint density at radius 1 is 1.11 bits per heavy atom. The number of fused-ring (bicyclic) bond motifs is 1. The van der Waals surface area contributed by atoms with Crippen LogP contribution in [-0.4, -0.2) is 81.8 Å². The van der Waals surface area contributed by atoms with Gasteiger partial charge in [0, 0.05) is 38.1 Å². The molecule has 2 atom stereocenters. The standard InChI is InChI=1S/C24H25BF2N6O4/c25-24(36,37)31-23(35)18-5-6-19(20(27)28-18)33-9-7-32(8-10-33)15-3-1-13(11-15)21-29-17-4-2-14(26)12-16(17)22(34)30-21/h2,4-6,12-13,15,36-37H,1,3,7-11H2,(H,31,35)(H,29,30,34)/t13?,15-/m1/s1. The Kier molecular flexibility index (Phi) is 6.69. The number of halogens is 2. The zero-order valence-corrected chi connectivity index (χ0v) is 19.8. The summed E-state index contributed by atoms with van der Waals surface area (Å²) >= 11 is 0. The molecule has 1 unspecified atom stereocenters. The van der Waals surface area contributed by atoms with E-state index in [-0.39, 0.29) is 28.2 Å². The molecule has 2 fully saturated rings. The number of aromatic nitrogens is 3. The predicted molar refractivity (Wildman–Crippen MR) is 131 cm³/mol. The first-order chi connectivity index (χ1) is 17.6. The molecule has 0 bridgehead atoms. The molecule has 2 aromatic heterocycles. The summed E-state index contributed by atoms with van der Waals surface area (Å²) < 4.78 is 28.2. The summed E-state index contributed by atoms with van der Waals surface area (Å²) in [7, 11) is 4.91. The maximum Gasteiger partial charge on any atom is 0.273 e. The number of nitrogens with zero attached hydrogens (tertiary/aromatic N) is 4. The number of hydrogen-bond acceptors (Lipinski definition) is 8. The highest BCUT2D eigenvalue weighted by atomic mass is 19.1. The second-order valence-electron chi connectivity index (χ2n) is 9.49. The molecule has 2 aliphatic rings. The van der Waals surface area contributed by atoms with Gasteiger partial charge in [0.15, 0.2) is 13.7 Å². The van der Waals surface area contributed by atoms with Crippen LogP contribution in [0.2, 0.25) is 0 Å². The number of aromatic amines is 1. The number of rotatable bonds is 5. The molecule has 37 heavy (non-hydrogen) atoms. The Labute approximate surface area is 211 Å². The van der Waals surface area contributed by atoms with Gasteiger partial charge in [0.1, 0.15) is 17.3 Å². The Balaban J connectivity index is 1.20. The molecule has 4 N–H and O–H groups in total. The van der Waals surface area contributed by atoms with Crippen LogP contribution in [-0.2, 0) is 0 Å². The topological polar surface area (TPSA) is 135 Å². The highest BCUT2D eigenvalue weighted by Crippen LogP contribution is 2.36. The van der Waals surface area contributed by atoms with Crippen LogP contribution in [0.3, 0.4) is 0 Å². The molecule has 13 heteroatoms. The quantitative estimate of drug-likeness (QED) is 0.222. The molecule has 1 amide bonds. The van der Waals surface area contributed by atoms with Crippen LogP contribution in [0, 0.1) is 11.8 Å². The van der Waals surface area contributed by atoms with Crippen LogP contribution in [0.15, 0.2) is 35.1 Å². The molecular weight excluding hydrogens is 485 g/mol. The molecule has 1 aliphatic carbocycles. The van der Waals surface area contributed by atoms with E-state index in [1.165, 1.54) is 30.3 Å². The third-order valence-electron chi connectivity index (χ3n) is 7.01. The molecule has 1 saturated heterocycles. The van der Waals surface area contributed by atoms with E-state index in [0.29, 0.717) is 43.6 Å². The predicted octanol–water partition coefficient (Wildman–Crippen LogP) is 0.549. The van der Waals surface area contributed by atoms with Gasteiger partial charge in [-0.2, -0.15) is 4.39 Å². The SMILES string of the molecule is [B]C(O)(O)NC(=O)c1ccc(N2CCN([C@@H]3CCC(c4nc5ccc(F)cc5c(=O)[nH]4)C3)CC2)c(F)n1. The van der Waals surface area contributed by atoms with Crippen molar-refractivity contribution in [2.75, 3.05) is 31.1 Å². The highest BCUT2D eigenvalue weighted by Gasteiger charge is 2.34. The first-order valence-corrected chi connectivity index (χ1v) is 12.0. The number of piperazine rings is 1. The third-order valence-corrected chi connectivity index (χ3v) is 7.01. The zero-order chi connectivity index (χ0) is 26.3. The average molecular weight is 510 g/mol. The number of H-pyrrole nitrogens is 1. The largest absolute Gasteiger partial charge is 0.365 e. The zero-order valence-electron chi connectivity index (χ0n) is 19.8. The van der Waals surface area contributed by atoms with E-state index < -0.39 is 23.5 Å². The van der Waals surface area contributed by atoms with Gasteiger partial charge >= 0.3 is 0 Å². The molecule has 2 radical (unpaired) electrons. The number of carbonyl (C=O) groups excluding carboxylic acids is 1. The molecule has 3 heterocycles. The van der Waals surface area contributed by atoms with Crippen molar-refractivity contribution >= 4 is 30.3 Å². The fraction of sp³-hybridized carbons (Fsp3) is 0.417. The number of hydrogen-bond donors (Lipinski definition) is 4. The molecule has 1 aromatic carbocycles. The van der Waals surface area contributed by atoms with Gasteiger partial charge in [-0.25, -0.2) is 14.4 Å². The summed E-state index contributed by atoms with van der Waals surface area (Å²) in [5, 5.41) is 20.1. The van der Waals surface area contributed by atoms with Crippen molar-refractivity contribution < 1.29 is 23.8 Å². The molecular formula is C24H25BF2N6O4. The minimum atomic E-state index is -2.93. The summed E-state index contributed by atoms with van der Waals surface area (Å²) in [4.78, 5) is 39.6. The number of nitrogens with one attached hydrogen (secondary N) is 2. The van der Waals surface area contributed by atoms with Crippen molar-refractivity contribution in [2.24, 2.45) is 0 Å². The molecule has 5 rings (SSSR count). The lowest BCUT2D eigenvalue weighted by Gasteiger charge is -2.39. The summed E-state index contributed by atoms with van der Waals surface area (Å²) in [6.07, 6.45) is 2.63. The van der Waals surface area contributed by atoms with E-state index in [1.54, 1.807) is 5.32 Å². The summed E-state index contributed by atoms with van der Waals surface area (Å²) in [6, 6.07) is 7.02. The van der Waals surface area contributed by atoms with Crippen LogP contribution < -0.4 is 15.8 Å². The van der Waals surface area contributed by atoms with Crippen LogP contribution >= 0.6 is 0 Å². The molecule has 1 aliphatic heterocycles. The van der Waals surface area contributed by atoms with Gasteiger partial charge in [-0.05, 0) is 49.6 Å². The van der Waals surface area contributed by atoms with E-state index in [2.05, 4.69) is 19.9 Å². The highest BCUT2D eigenvalue weighted by molar-refractivity contribution is 6.14. The van der Waals surface area contributed by atoms with Crippen molar-refractivity contribution in [1.82, 2.24) is 25.2 Å². The number of carbonyl (C=O) groups is 1. The van der Waals surface area contributed by atoms with Crippen LogP contribution in [0.5, 0.6) is 0 Å². The summed E-state index contributed by atoms with van der Waals surface area (Å²) in [5.74, 6) is -4.55. The number of pyridine rings is 1. The smallest absolute Gasteiger partial charge is 0.273 e. The Morgan fingerprint density at radius 2 is 1.86 bits per heavy atom.